The maximum Gasteiger partial charge on any atom is 0.252 e. The maximum atomic E-state index is 12.7. The molecule has 0 bridgehead atoms. The fraction of sp³-hybridized carbons (Fsp3) is 0.650. The Morgan fingerprint density at radius 2 is 1.93 bits per heavy atom. The van der Waals surface area contributed by atoms with Gasteiger partial charge in [-0.25, -0.2) is 13.4 Å². The van der Waals surface area contributed by atoms with Crippen LogP contribution in [-0.4, -0.2) is 51.2 Å². The van der Waals surface area contributed by atoms with Gasteiger partial charge in [-0.3, -0.25) is 9.36 Å². The second kappa shape index (κ2) is 7.36. The van der Waals surface area contributed by atoms with Crippen molar-refractivity contribution in [3.05, 3.63) is 28.7 Å². The third-order valence-corrected chi connectivity index (χ3v) is 8.15. The number of hydrogen-bond acceptors (Lipinski definition) is 7. The molecular weight excluding hydrogens is 392 g/mol. The zero-order valence-corrected chi connectivity index (χ0v) is 17.7. The van der Waals surface area contributed by atoms with E-state index in [1.54, 1.807) is 23.8 Å². The minimum absolute atomic E-state index is 0.101. The van der Waals surface area contributed by atoms with E-state index in [9.17, 15) is 18.3 Å². The molecule has 2 fully saturated rings. The molecule has 2 aliphatic rings. The van der Waals surface area contributed by atoms with Gasteiger partial charge in [0.1, 0.15) is 15.5 Å². The van der Waals surface area contributed by atoms with Gasteiger partial charge in [-0.2, -0.15) is 4.98 Å². The van der Waals surface area contributed by atoms with E-state index in [4.69, 9.17) is 0 Å². The summed E-state index contributed by atoms with van der Waals surface area (Å²) in [5, 5.41) is 14.5. The highest BCUT2D eigenvalue weighted by molar-refractivity contribution is 7.91. The van der Waals surface area contributed by atoms with Crippen molar-refractivity contribution in [3.8, 4) is 0 Å². The zero-order chi connectivity index (χ0) is 20.8. The van der Waals surface area contributed by atoms with Crippen LogP contribution in [0, 0.1) is 0 Å². The highest BCUT2D eigenvalue weighted by Gasteiger charge is 2.39. The number of fused-ring (bicyclic) bond motifs is 1. The van der Waals surface area contributed by atoms with E-state index in [1.807, 2.05) is 0 Å². The molecule has 29 heavy (non-hydrogen) atoms. The Labute approximate surface area is 170 Å². The van der Waals surface area contributed by atoms with Crippen LogP contribution in [0.3, 0.4) is 0 Å². The zero-order valence-electron chi connectivity index (χ0n) is 16.8. The predicted molar refractivity (Wildman–Crippen MR) is 112 cm³/mol. The normalized spacial score (nSPS) is 30.5. The van der Waals surface area contributed by atoms with Gasteiger partial charge in [0.25, 0.3) is 5.56 Å². The molecule has 0 radical (unpaired) electrons. The lowest BCUT2D eigenvalue weighted by molar-refractivity contribution is 0.0267. The molecule has 0 saturated heterocycles. The van der Waals surface area contributed by atoms with Gasteiger partial charge in [-0.15, -0.1) is 0 Å². The molecular formula is C20H28N4O4S. The van der Waals surface area contributed by atoms with Crippen LogP contribution in [-0.2, 0) is 9.84 Å². The van der Waals surface area contributed by atoms with Crippen LogP contribution < -0.4 is 10.9 Å². The van der Waals surface area contributed by atoms with Gasteiger partial charge in [0, 0.05) is 29.9 Å². The molecule has 2 heterocycles. The third-order valence-electron chi connectivity index (χ3n) is 6.47. The molecule has 9 heteroatoms. The monoisotopic (exact) mass is 420 g/mol. The van der Waals surface area contributed by atoms with Crippen molar-refractivity contribution in [2.24, 2.45) is 0 Å². The summed E-state index contributed by atoms with van der Waals surface area (Å²) in [5.41, 5.74) is -0.601. The average molecular weight is 421 g/mol. The maximum absolute atomic E-state index is 12.7. The SMILES string of the molecule is C[C@@]1(O)CCC[C@H]1n1c(=O)ccc2cnc(NC3CCC(S(C)(=O)=O)CC3)nc21. The van der Waals surface area contributed by atoms with Crippen LogP contribution in [0.4, 0.5) is 5.95 Å². The molecule has 2 N–H and O–H groups in total. The van der Waals surface area contributed by atoms with Crippen LogP contribution in [0.2, 0.25) is 0 Å². The van der Waals surface area contributed by atoms with Crippen molar-refractivity contribution in [2.75, 3.05) is 11.6 Å². The Bertz CT molecular complexity index is 1070. The fourth-order valence-corrected chi connectivity index (χ4v) is 5.89. The molecule has 2 aromatic rings. The van der Waals surface area contributed by atoms with E-state index in [0.29, 0.717) is 30.9 Å². The lowest BCUT2D eigenvalue weighted by Crippen LogP contribution is -2.37. The number of aromatic nitrogens is 3. The van der Waals surface area contributed by atoms with Gasteiger partial charge in [-0.1, -0.05) is 0 Å². The van der Waals surface area contributed by atoms with Gasteiger partial charge in [-0.05, 0) is 57.9 Å². The lowest BCUT2D eigenvalue weighted by Gasteiger charge is -2.29. The Morgan fingerprint density at radius 1 is 1.21 bits per heavy atom. The van der Waals surface area contributed by atoms with E-state index < -0.39 is 15.4 Å². The molecule has 2 saturated carbocycles. The first-order chi connectivity index (χ1) is 13.6. The van der Waals surface area contributed by atoms with Gasteiger partial charge in [0.2, 0.25) is 5.95 Å². The second-order valence-electron chi connectivity index (χ2n) is 8.73. The smallest absolute Gasteiger partial charge is 0.252 e. The summed E-state index contributed by atoms with van der Waals surface area (Å²) >= 11 is 0. The summed E-state index contributed by atoms with van der Waals surface area (Å²) in [5.74, 6) is 0.428. The van der Waals surface area contributed by atoms with Gasteiger partial charge >= 0.3 is 0 Å². The summed E-state index contributed by atoms with van der Waals surface area (Å²) in [6.07, 6.45) is 7.95. The van der Waals surface area contributed by atoms with Crippen molar-refractivity contribution in [1.82, 2.24) is 14.5 Å². The summed E-state index contributed by atoms with van der Waals surface area (Å²) in [7, 11) is -3.00. The predicted octanol–water partition coefficient (Wildman–Crippen LogP) is 2.04. The molecule has 158 valence electrons. The minimum atomic E-state index is -3.00. The Kier molecular flexibility index (Phi) is 5.14. The van der Waals surface area contributed by atoms with Crippen LogP contribution in [0.25, 0.3) is 11.0 Å². The van der Waals surface area contributed by atoms with Crippen molar-refractivity contribution in [1.29, 1.82) is 0 Å². The Balaban J connectivity index is 1.61. The molecule has 0 aromatic carbocycles. The van der Waals surface area contributed by atoms with Gasteiger partial charge in [0.05, 0.1) is 16.9 Å². The molecule has 0 spiro atoms. The van der Waals surface area contributed by atoms with Gasteiger partial charge < -0.3 is 10.4 Å². The van der Waals surface area contributed by atoms with Gasteiger partial charge in [0.15, 0.2) is 0 Å². The molecule has 2 aromatic heterocycles. The molecule has 8 nitrogen and oxygen atoms in total. The summed E-state index contributed by atoms with van der Waals surface area (Å²) < 4.78 is 25.1. The van der Waals surface area contributed by atoms with Crippen molar-refractivity contribution < 1.29 is 13.5 Å². The van der Waals surface area contributed by atoms with Crippen molar-refractivity contribution >= 4 is 26.8 Å². The topological polar surface area (TPSA) is 114 Å². The molecule has 0 unspecified atom stereocenters. The van der Waals surface area contributed by atoms with E-state index in [-0.39, 0.29) is 22.9 Å². The number of nitrogens with one attached hydrogen (secondary N) is 1. The van der Waals surface area contributed by atoms with Crippen molar-refractivity contribution in [3.63, 3.8) is 0 Å². The number of sulfone groups is 1. The first-order valence-electron chi connectivity index (χ1n) is 10.2. The number of anilines is 1. The molecule has 4 rings (SSSR count). The highest BCUT2D eigenvalue weighted by Crippen LogP contribution is 2.39. The third kappa shape index (κ3) is 4.02. The Morgan fingerprint density at radius 3 is 2.55 bits per heavy atom. The van der Waals surface area contributed by atoms with Crippen LogP contribution >= 0.6 is 0 Å². The highest BCUT2D eigenvalue weighted by atomic mass is 32.2. The summed E-state index contributed by atoms with van der Waals surface area (Å²) in [6.45, 7) is 1.77. The van der Waals surface area contributed by atoms with E-state index in [1.165, 1.54) is 12.3 Å². The fourth-order valence-electron chi connectivity index (χ4n) is 4.77. The molecule has 2 aliphatic carbocycles. The van der Waals surface area contributed by atoms with Crippen LogP contribution in [0.15, 0.2) is 23.1 Å². The quantitative estimate of drug-likeness (QED) is 0.778. The average Bonchev–Trinajstić information content (AvgIpc) is 3.00. The number of aliphatic hydroxyl groups is 1. The number of nitrogens with zero attached hydrogens (tertiary/aromatic N) is 3. The van der Waals surface area contributed by atoms with E-state index in [0.717, 1.165) is 31.1 Å². The molecule has 0 aliphatic heterocycles. The number of pyridine rings is 1. The molecule has 0 amide bonds. The first kappa shape index (κ1) is 20.3. The Hall–Kier alpha value is -2.00. The van der Waals surface area contributed by atoms with Crippen molar-refractivity contribution in [2.45, 2.75) is 74.8 Å². The largest absolute Gasteiger partial charge is 0.388 e. The van der Waals surface area contributed by atoms with Crippen LogP contribution in [0.1, 0.15) is 57.9 Å². The number of rotatable bonds is 4. The lowest BCUT2D eigenvalue weighted by atomic mass is 9.95. The standard InChI is InChI=1S/C20H28N4O4S/c1-20(26)11-3-4-16(20)24-17(25)10-5-13-12-21-19(23-18(13)24)22-14-6-8-15(9-7-14)29(2,27)28/h5,10,12,14-16,26H,3-4,6-9,11H2,1-2H3,(H,21,22,23)/t14?,15?,16-,20-/m1/s1. The minimum Gasteiger partial charge on any atom is -0.388 e. The number of hydrogen-bond donors (Lipinski definition) is 2. The summed E-state index contributed by atoms with van der Waals surface area (Å²) in [6, 6.07) is 2.99. The van der Waals surface area contributed by atoms with E-state index >= 15 is 0 Å². The van der Waals surface area contributed by atoms with Crippen LogP contribution in [0.5, 0.6) is 0 Å². The molecule has 2 atom stereocenters. The summed E-state index contributed by atoms with van der Waals surface area (Å²) in [4.78, 5) is 21.7. The second-order valence-corrected chi connectivity index (χ2v) is 11.1. The first-order valence-corrected chi connectivity index (χ1v) is 12.2. The van der Waals surface area contributed by atoms with E-state index in [2.05, 4.69) is 15.3 Å².